The molecule has 2 aromatic rings. The van der Waals surface area contributed by atoms with Crippen molar-refractivity contribution in [2.24, 2.45) is 5.73 Å². The third-order valence-corrected chi connectivity index (χ3v) is 3.30. The predicted molar refractivity (Wildman–Crippen MR) is 86.3 cm³/mol. The van der Waals surface area contributed by atoms with Crippen molar-refractivity contribution in [1.82, 2.24) is 5.32 Å². The van der Waals surface area contributed by atoms with Crippen molar-refractivity contribution in [3.05, 3.63) is 65.5 Å². The van der Waals surface area contributed by atoms with Crippen LogP contribution in [0.1, 0.15) is 23.6 Å². The van der Waals surface area contributed by atoms with Crippen LogP contribution in [0.15, 0.2) is 48.5 Å². The maximum absolute atomic E-state index is 13.7. The average Bonchev–Trinajstić information content (AvgIpc) is 2.51. The Hall–Kier alpha value is -2.89. The van der Waals surface area contributed by atoms with Gasteiger partial charge in [-0.25, -0.2) is 9.18 Å². The van der Waals surface area contributed by atoms with Crippen molar-refractivity contribution in [1.29, 1.82) is 0 Å². The lowest BCUT2D eigenvalue weighted by atomic mass is 10.0. The number of rotatable bonds is 5. The molecule has 0 spiro atoms. The lowest BCUT2D eigenvalue weighted by Gasteiger charge is -2.18. The Labute approximate surface area is 133 Å². The summed E-state index contributed by atoms with van der Waals surface area (Å²) >= 11 is 0. The number of aryl methyl sites for hydroxylation is 1. The van der Waals surface area contributed by atoms with Crippen LogP contribution in [0.4, 0.5) is 14.9 Å². The molecule has 0 saturated carbocycles. The van der Waals surface area contributed by atoms with Crippen molar-refractivity contribution in [3.8, 4) is 0 Å². The molecule has 1 atom stereocenters. The molecule has 0 radical (unpaired) electrons. The molecule has 0 unspecified atom stereocenters. The van der Waals surface area contributed by atoms with Gasteiger partial charge in [-0.1, -0.05) is 36.4 Å². The normalized spacial score (nSPS) is 11.6. The Morgan fingerprint density at radius 1 is 1.17 bits per heavy atom. The second-order valence-electron chi connectivity index (χ2n) is 5.21. The fourth-order valence-electron chi connectivity index (χ4n) is 2.23. The topological polar surface area (TPSA) is 84.2 Å². The van der Waals surface area contributed by atoms with E-state index in [1.54, 1.807) is 43.3 Å². The maximum atomic E-state index is 13.7. The molecule has 4 N–H and O–H groups in total. The Bertz CT molecular complexity index is 704. The number of halogens is 1. The molecule has 0 heterocycles. The Kier molecular flexibility index (Phi) is 5.30. The first kappa shape index (κ1) is 16.5. The van der Waals surface area contributed by atoms with Gasteiger partial charge in [0.05, 0.1) is 18.2 Å². The summed E-state index contributed by atoms with van der Waals surface area (Å²) in [5.74, 6) is -0.930. The van der Waals surface area contributed by atoms with E-state index in [1.807, 2.05) is 6.07 Å². The maximum Gasteiger partial charge on any atom is 0.312 e. The molecule has 2 aromatic carbocycles. The predicted octanol–water partition coefficient (Wildman–Crippen LogP) is 2.87. The van der Waals surface area contributed by atoms with E-state index in [2.05, 4.69) is 10.6 Å². The molecule has 0 aliphatic heterocycles. The van der Waals surface area contributed by atoms with Gasteiger partial charge >= 0.3 is 6.03 Å². The van der Waals surface area contributed by atoms with E-state index in [-0.39, 0.29) is 12.1 Å². The number of hydrogen-bond acceptors (Lipinski definition) is 2. The summed E-state index contributed by atoms with van der Waals surface area (Å²) in [5.41, 5.74) is 6.85. The van der Waals surface area contributed by atoms with Crippen LogP contribution in [0.3, 0.4) is 0 Å². The minimum atomic E-state index is -0.728. The van der Waals surface area contributed by atoms with Gasteiger partial charge in [-0.2, -0.15) is 0 Å². The number of urea groups is 1. The zero-order valence-corrected chi connectivity index (χ0v) is 12.7. The number of nitrogens with one attached hydrogen (secondary N) is 2. The van der Waals surface area contributed by atoms with Gasteiger partial charge in [0.15, 0.2) is 0 Å². The highest BCUT2D eigenvalue weighted by molar-refractivity contribution is 5.91. The van der Waals surface area contributed by atoms with Crippen LogP contribution >= 0.6 is 0 Å². The van der Waals surface area contributed by atoms with Crippen LogP contribution in [0.25, 0.3) is 0 Å². The summed E-state index contributed by atoms with van der Waals surface area (Å²) in [5, 5.41) is 5.04. The van der Waals surface area contributed by atoms with E-state index in [0.717, 1.165) is 11.1 Å². The van der Waals surface area contributed by atoms with Crippen LogP contribution < -0.4 is 16.4 Å². The molecule has 0 aromatic heterocycles. The third kappa shape index (κ3) is 4.81. The summed E-state index contributed by atoms with van der Waals surface area (Å²) in [6.45, 7) is 1.80. The van der Waals surface area contributed by atoms with E-state index >= 15 is 0 Å². The number of nitrogens with two attached hydrogens (primary N) is 1. The van der Waals surface area contributed by atoms with Crippen LogP contribution in [0.5, 0.6) is 0 Å². The Morgan fingerprint density at radius 3 is 2.52 bits per heavy atom. The van der Waals surface area contributed by atoms with E-state index in [1.165, 1.54) is 6.07 Å². The molecule has 0 aliphatic carbocycles. The highest BCUT2D eigenvalue weighted by Gasteiger charge is 2.18. The molecule has 23 heavy (non-hydrogen) atoms. The molecule has 0 fully saturated rings. The lowest BCUT2D eigenvalue weighted by Crippen LogP contribution is -2.35. The molecule has 6 heteroatoms. The molecular formula is C17H18FN3O2. The van der Waals surface area contributed by atoms with Crippen LogP contribution in [0.2, 0.25) is 0 Å². The fourth-order valence-corrected chi connectivity index (χ4v) is 2.23. The number of amides is 3. The zero-order chi connectivity index (χ0) is 16.8. The van der Waals surface area contributed by atoms with Crippen molar-refractivity contribution in [2.45, 2.75) is 19.4 Å². The van der Waals surface area contributed by atoms with E-state index in [9.17, 15) is 14.0 Å². The minimum Gasteiger partial charge on any atom is -0.352 e. The first-order valence-electron chi connectivity index (χ1n) is 7.12. The first-order chi connectivity index (χ1) is 11.0. The molecule has 2 rings (SSSR count). The molecule has 3 amide bonds. The van der Waals surface area contributed by atoms with E-state index in [0.29, 0.717) is 0 Å². The summed E-state index contributed by atoms with van der Waals surface area (Å²) in [6.07, 6.45) is -0.0552. The summed E-state index contributed by atoms with van der Waals surface area (Å²) in [4.78, 5) is 23.3. The number of hydrogen-bond donors (Lipinski definition) is 3. The minimum absolute atomic E-state index is 0.0552. The van der Waals surface area contributed by atoms with Gasteiger partial charge in [0.2, 0.25) is 5.91 Å². The number of anilines is 1. The molecule has 5 nitrogen and oxygen atoms in total. The van der Waals surface area contributed by atoms with Gasteiger partial charge in [-0.05, 0) is 30.2 Å². The number of carbonyl (C=O) groups excluding carboxylic acids is 2. The van der Waals surface area contributed by atoms with Crippen LogP contribution in [-0.4, -0.2) is 11.9 Å². The largest absolute Gasteiger partial charge is 0.352 e. The Morgan fingerprint density at radius 2 is 1.87 bits per heavy atom. The monoisotopic (exact) mass is 315 g/mol. The lowest BCUT2D eigenvalue weighted by molar-refractivity contribution is -0.116. The van der Waals surface area contributed by atoms with Gasteiger partial charge in [-0.3, -0.25) is 4.79 Å². The van der Waals surface area contributed by atoms with Crippen molar-refractivity contribution >= 4 is 17.6 Å². The number of primary amides is 1. The number of carbonyl (C=O) groups is 2. The van der Waals surface area contributed by atoms with Crippen molar-refractivity contribution in [3.63, 3.8) is 0 Å². The van der Waals surface area contributed by atoms with Crippen LogP contribution in [-0.2, 0) is 4.79 Å². The van der Waals surface area contributed by atoms with E-state index in [4.69, 9.17) is 5.73 Å². The third-order valence-electron chi connectivity index (χ3n) is 3.30. The fraction of sp³-hybridized carbons (Fsp3) is 0.176. The van der Waals surface area contributed by atoms with E-state index < -0.39 is 23.8 Å². The van der Waals surface area contributed by atoms with Gasteiger partial charge in [0, 0.05) is 0 Å². The summed E-state index contributed by atoms with van der Waals surface area (Å²) < 4.78 is 13.7. The quantitative estimate of drug-likeness (QED) is 0.792. The summed E-state index contributed by atoms with van der Waals surface area (Å²) in [7, 11) is 0. The molecule has 0 bridgehead atoms. The smallest absolute Gasteiger partial charge is 0.312 e. The second-order valence-corrected chi connectivity index (χ2v) is 5.21. The van der Waals surface area contributed by atoms with Gasteiger partial charge < -0.3 is 16.4 Å². The Balaban J connectivity index is 2.11. The highest BCUT2D eigenvalue weighted by atomic mass is 19.1. The van der Waals surface area contributed by atoms with Gasteiger partial charge in [0.25, 0.3) is 0 Å². The standard InChI is InChI=1S/C17H18FN3O2/c1-11-7-8-13(18)15(9-11)20-16(22)10-14(21-17(19)23)12-5-3-2-4-6-12/h2-9,14H,10H2,1H3,(H,20,22)(H3,19,21,23)/t14-/m1/s1. The number of benzene rings is 2. The molecule has 0 saturated heterocycles. The highest BCUT2D eigenvalue weighted by Crippen LogP contribution is 2.20. The van der Waals surface area contributed by atoms with Crippen molar-refractivity contribution in [2.75, 3.05) is 5.32 Å². The average molecular weight is 315 g/mol. The first-order valence-corrected chi connectivity index (χ1v) is 7.12. The van der Waals surface area contributed by atoms with Gasteiger partial charge in [-0.15, -0.1) is 0 Å². The zero-order valence-electron chi connectivity index (χ0n) is 12.7. The van der Waals surface area contributed by atoms with Crippen molar-refractivity contribution < 1.29 is 14.0 Å². The van der Waals surface area contributed by atoms with Gasteiger partial charge in [0.1, 0.15) is 5.82 Å². The molecule has 0 aliphatic rings. The van der Waals surface area contributed by atoms with Crippen LogP contribution in [0, 0.1) is 12.7 Å². The second kappa shape index (κ2) is 7.40. The molecular weight excluding hydrogens is 297 g/mol. The summed E-state index contributed by atoms with van der Waals surface area (Å²) in [6, 6.07) is 12.1. The SMILES string of the molecule is Cc1ccc(F)c(NC(=O)C[C@@H](NC(N)=O)c2ccccc2)c1. The molecule has 120 valence electrons.